The van der Waals surface area contributed by atoms with Gasteiger partial charge in [0.15, 0.2) is 6.10 Å². The van der Waals surface area contributed by atoms with E-state index in [4.69, 9.17) is 16.7 Å². The number of hydrogen-bond acceptors (Lipinski definition) is 3. The highest BCUT2D eigenvalue weighted by Gasteiger charge is 2.26. The van der Waals surface area contributed by atoms with Gasteiger partial charge in [-0.3, -0.25) is 0 Å². The summed E-state index contributed by atoms with van der Waals surface area (Å²) in [6.07, 6.45) is -1.53. The average molecular weight is 306 g/mol. The predicted molar refractivity (Wildman–Crippen MR) is 81.1 cm³/mol. The number of nitrogens with one attached hydrogen (secondary N) is 1. The smallest absolute Gasteiger partial charge is 0.334 e. The molecule has 0 aliphatic heterocycles. The van der Waals surface area contributed by atoms with Crippen molar-refractivity contribution in [1.82, 2.24) is 5.32 Å². The number of benzene rings is 2. The topological polar surface area (TPSA) is 69.6 Å². The van der Waals surface area contributed by atoms with Crippen LogP contribution in [-0.4, -0.2) is 22.3 Å². The number of halogens is 1. The van der Waals surface area contributed by atoms with E-state index in [9.17, 15) is 9.90 Å². The zero-order valence-electron chi connectivity index (χ0n) is 11.2. The van der Waals surface area contributed by atoms with Crippen LogP contribution >= 0.6 is 11.6 Å². The number of hydrogen-bond donors (Lipinski definition) is 3. The summed E-state index contributed by atoms with van der Waals surface area (Å²) in [5.74, 6) is -1.27. The molecule has 5 heteroatoms. The third-order valence-electron chi connectivity index (χ3n) is 3.17. The highest BCUT2D eigenvalue weighted by atomic mass is 35.5. The molecule has 4 nitrogen and oxygen atoms in total. The van der Waals surface area contributed by atoms with Crippen molar-refractivity contribution < 1.29 is 15.0 Å². The molecule has 0 spiro atoms. The maximum atomic E-state index is 11.1. The minimum Gasteiger partial charge on any atom is -0.479 e. The molecule has 0 radical (unpaired) electrons. The van der Waals surface area contributed by atoms with Crippen LogP contribution in [0.5, 0.6) is 0 Å². The minimum atomic E-state index is -1.53. The van der Waals surface area contributed by atoms with Crippen LogP contribution in [0.15, 0.2) is 54.6 Å². The van der Waals surface area contributed by atoms with Crippen molar-refractivity contribution in [2.45, 2.75) is 18.7 Å². The van der Waals surface area contributed by atoms with Gasteiger partial charge in [-0.25, -0.2) is 4.79 Å². The molecule has 0 saturated carbocycles. The maximum Gasteiger partial charge on any atom is 0.334 e. The Bertz CT molecular complexity index is 586. The molecule has 110 valence electrons. The summed E-state index contributed by atoms with van der Waals surface area (Å²) in [7, 11) is 0. The summed E-state index contributed by atoms with van der Waals surface area (Å²) in [6, 6.07) is 15.6. The SMILES string of the molecule is O=C(O)[C@@H](O)[C@H](NCc1ccccc1)c1ccc(Cl)cc1. The Balaban J connectivity index is 2.16. The van der Waals surface area contributed by atoms with Gasteiger partial charge in [-0.2, -0.15) is 0 Å². The standard InChI is InChI=1S/C16H16ClNO3/c17-13-8-6-12(7-9-13)14(15(19)16(20)21)18-10-11-4-2-1-3-5-11/h1-9,14-15,18-19H,10H2,(H,20,21)/t14-,15+/m1/s1. The van der Waals surface area contributed by atoms with Crippen molar-refractivity contribution >= 4 is 17.6 Å². The van der Waals surface area contributed by atoms with Gasteiger partial charge in [-0.15, -0.1) is 0 Å². The molecular formula is C16H16ClNO3. The third-order valence-corrected chi connectivity index (χ3v) is 3.42. The van der Waals surface area contributed by atoms with Crippen molar-refractivity contribution in [3.8, 4) is 0 Å². The van der Waals surface area contributed by atoms with E-state index in [2.05, 4.69) is 5.32 Å². The van der Waals surface area contributed by atoms with Gasteiger partial charge in [0.25, 0.3) is 0 Å². The predicted octanol–water partition coefficient (Wildman–Crippen LogP) is 2.62. The molecule has 2 aromatic carbocycles. The highest BCUT2D eigenvalue weighted by molar-refractivity contribution is 6.30. The second-order valence-electron chi connectivity index (χ2n) is 4.68. The number of carbonyl (C=O) groups is 1. The first-order valence-corrected chi connectivity index (χ1v) is 6.89. The maximum absolute atomic E-state index is 11.1. The number of aliphatic carboxylic acids is 1. The number of carboxylic acids is 1. The number of rotatable bonds is 6. The largest absolute Gasteiger partial charge is 0.479 e. The molecule has 2 aromatic rings. The Kier molecular flexibility index (Phi) is 5.33. The Morgan fingerprint density at radius 3 is 2.29 bits per heavy atom. The molecule has 0 aliphatic carbocycles. The average Bonchev–Trinajstić information content (AvgIpc) is 2.50. The van der Waals surface area contributed by atoms with Gasteiger partial charge < -0.3 is 15.5 Å². The van der Waals surface area contributed by atoms with Crippen LogP contribution in [0.3, 0.4) is 0 Å². The van der Waals surface area contributed by atoms with E-state index in [0.29, 0.717) is 17.1 Å². The molecular weight excluding hydrogens is 290 g/mol. The van der Waals surface area contributed by atoms with Crippen LogP contribution in [0.2, 0.25) is 5.02 Å². The zero-order chi connectivity index (χ0) is 15.2. The van der Waals surface area contributed by atoms with E-state index >= 15 is 0 Å². The summed E-state index contributed by atoms with van der Waals surface area (Å²) < 4.78 is 0. The normalized spacial score (nSPS) is 13.6. The Morgan fingerprint density at radius 1 is 1.10 bits per heavy atom. The van der Waals surface area contributed by atoms with Crippen molar-refractivity contribution in [3.63, 3.8) is 0 Å². The van der Waals surface area contributed by atoms with Gasteiger partial charge in [-0.1, -0.05) is 54.1 Å². The van der Waals surface area contributed by atoms with Gasteiger partial charge in [-0.05, 0) is 23.3 Å². The van der Waals surface area contributed by atoms with Gasteiger partial charge in [0, 0.05) is 11.6 Å². The van der Waals surface area contributed by atoms with Crippen LogP contribution in [0.1, 0.15) is 17.2 Å². The molecule has 3 N–H and O–H groups in total. The lowest BCUT2D eigenvalue weighted by molar-refractivity contribution is -0.148. The Labute approximate surface area is 128 Å². The van der Waals surface area contributed by atoms with E-state index in [1.165, 1.54) is 0 Å². The minimum absolute atomic E-state index is 0.457. The van der Waals surface area contributed by atoms with Crippen LogP contribution in [-0.2, 0) is 11.3 Å². The van der Waals surface area contributed by atoms with Crippen LogP contribution < -0.4 is 5.32 Å². The highest BCUT2D eigenvalue weighted by Crippen LogP contribution is 2.20. The van der Waals surface area contributed by atoms with Gasteiger partial charge >= 0.3 is 5.97 Å². The van der Waals surface area contributed by atoms with Gasteiger partial charge in [0.05, 0.1) is 6.04 Å². The molecule has 0 bridgehead atoms. The summed E-state index contributed by atoms with van der Waals surface area (Å²) in [4.78, 5) is 11.1. The summed E-state index contributed by atoms with van der Waals surface area (Å²) in [5, 5.41) is 22.6. The lowest BCUT2D eigenvalue weighted by Gasteiger charge is -2.22. The van der Waals surface area contributed by atoms with E-state index in [0.717, 1.165) is 5.56 Å². The summed E-state index contributed by atoms with van der Waals surface area (Å²) in [5.41, 5.74) is 1.68. The van der Waals surface area contributed by atoms with E-state index in [1.807, 2.05) is 30.3 Å². The number of aliphatic hydroxyl groups excluding tert-OH is 1. The van der Waals surface area contributed by atoms with Crippen LogP contribution in [0, 0.1) is 0 Å². The first-order valence-electron chi connectivity index (χ1n) is 6.51. The lowest BCUT2D eigenvalue weighted by Crippen LogP contribution is -2.37. The molecule has 0 fully saturated rings. The lowest BCUT2D eigenvalue weighted by atomic mass is 10.0. The monoisotopic (exact) mass is 305 g/mol. The van der Waals surface area contributed by atoms with Crippen molar-refractivity contribution in [2.75, 3.05) is 0 Å². The van der Waals surface area contributed by atoms with Crippen molar-refractivity contribution in [3.05, 3.63) is 70.7 Å². The molecule has 0 unspecified atom stereocenters. The first kappa shape index (κ1) is 15.5. The molecule has 2 atom stereocenters. The Hall–Kier alpha value is -1.88. The summed E-state index contributed by atoms with van der Waals surface area (Å²) in [6.45, 7) is 0.457. The van der Waals surface area contributed by atoms with Gasteiger partial charge in [0.1, 0.15) is 0 Å². The molecule has 0 aliphatic rings. The number of aliphatic hydroxyl groups is 1. The van der Waals surface area contributed by atoms with Gasteiger partial charge in [0.2, 0.25) is 0 Å². The third kappa shape index (κ3) is 4.29. The fourth-order valence-corrected chi connectivity index (χ4v) is 2.17. The second kappa shape index (κ2) is 7.22. The van der Waals surface area contributed by atoms with Crippen molar-refractivity contribution in [2.24, 2.45) is 0 Å². The van der Waals surface area contributed by atoms with E-state index in [1.54, 1.807) is 24.3 Å². The second-order valence-corrected chi connectivity index (χ2v) is 5.12. The molecule has 0 amide bonds. The molecule has 0 saturated heterocycles. The fraction of sp³-hybridized carbons (Fsp3) is 0.188. The summed E-state index contributed by atoms with van der Waals surface area (Å²) >= 11 is 5.83. The molecule has 21 heavy (non-hydrogen) atoms. The molecule has 0 heterocycles. The zero-order valence-corrected chi connectivity index (χ0v) is 12.0. The van der Waals surface area contributed by atoms with Crippen molar-refractivity contribution in [1.29, 1.82) is 0 Å². The Morgan fingerprint density at radius 2 is 1.71 bits per heavy atom. The van der Waals surface area contributed by atoms with E-state index in [-0.39, 0.29) is 0 Å². The van der Waals surface area contributed by atoms with E-state index < -0.39 is 18.1 Å². The molecule has 0 aromatic heterocycles. The number of carboxylic acid groups (broad SMARTS) is 1. The van der Waals surface area contributed by atoms with Crippen LogP contribution in [0.25, 0.3) is 0 Å². The fourth-order valence-electron chi connectivity index (χ4n) is 2.05. The first-order chi connectivity index (χ1) is 10.1. The van der Waals surface area contributed by atoms with Crippen LogP contribution in [0.4, 0.5) is 0 Å². The molecule has 2 rings (SSSR count). The quantitative estimate of drug-likeness (QED) is 0.767.